The Hall–Kier alpha value is 0.748. The Morgan fingerprint density at radius 1 is 1.09 bits per heavy atom. The largest absolute Gasteiger partial charge is 0.275 e. The van der Waals surface area contributed by atoms with Crippen molar-refractivity contribution in [2.24, 2.45) is 0 Å². The van der Waals surface area contributed by atoms with E-state index in [1.54, 1.807) is 0 Å². The van der Waals surface area contributed by atoms with Gasteiger partial charge in [-0.1, -0.05) is 19.3 Å². The van der Waals surface area contributed by atoms with Crippen LogP contribution in [0.25, 0.3) is 0 Å². The van der Waals surface area contributed by atoms with Crippen molar-refractivity contribution in [2.45, 2.75) is 25.7 Å². The molecule has 0 N–H and O–H groups in total. The van der Waals surface area contributed by atoms with E-state index in [0.717, 1.165) is 6.42 Å². The van der Waals surface area contributed by atoms with E-state index >= 15 is 0 Å². The Labute approximate surface area is 95.6 Å². The second-order valence-electron chi connectivity index (χ2n) is 2.04. The van der Waals surface area contributed by atoms with Crippen molar-refractivity contribution in [3.05, 3.63) is 24.3 Å². The summed E-state index contributed by atoms with van der Waals surface area (Å²) in [6.07, 6.45) is 14.5. The van der Waals surface area contributed by atoms with E-state index in [2.05, 4.69) is 18.2 Å². The van der Waals surface area contributed by atoms with Crippen LogP contribution in [0, 0.1) is 6.08 Å². The van der Waals surface area contributed by atoms with E-state index in [9.17, 15) is 0 Å². The van der Waals surface area contributed by atoms with Crippen molar-refractivity contribution in [3.63, 3.8) is 0 Å². The van der Waals surface area contributed by atoms with Crippen molar-refractivity contribution in [3.8, 4) is 0 Å². The van der Waals surface area contributed by atoms with Gasteiger partial charge in [-0.25, -0.2) is 12.2 Å². The van der Waals surface area contributed by atoms with Crippen LogP contribution >= 0.6 is 24.8 Å². The van der Waals surface area contributed by atoms with Crippen molar-refractivity contribution in [2.75, 3.05) is 0 Å². The quantitative estimate of drug-likeness (QED) is 0.570. The molecule has 0 nitrogen and oxygen atoms in total. The Morgan fingerprint density at radius 3 is 2.55 bits per heavy atom. The van der Waals surface area contributed by atoms with Gasteiger partial charge in [0.15, 0.2) is 0 Å². The summed E-state index contributed by atoms with van der Waals surface area (Å²) in [5.41, 5.74) is 0. The first-order valence-corrected chi connectivity index (χ1v) is 3.22. The summed E-state index contributed by atoms with van der Waals surface area (Å²) >= 11 is 0. The van der Waals surface area contributed by atoms with Crippen LogP contribution in [0.2, 0.25) is 0 Å². The molecule has 0 unspecified atom stereocenters. The minimum atomic E-state index is 0. The molecule has 1 aliphatic carbocycles. The molecule has 0 bridgehead atoms. The second kappa shape index (κ2) is 13.3. The van der Waals surface area contributed by atoms with E-state index in [0.29, 0.717) is 0 Å². The molecule has 0 saturated heterocycles. The van der Waals surface area contributed by atoms with E-state index < -0.39 is 0 Å². The summed E-state index contributed by atoms with van der Waals surface area (Å²) < 4.78 is 0. The Kier molecular flexibility index (Phi) is 21.5. The molecule has 0 aromatic rings. The van der Waals surface area contributed by atoms with Crippen LogP contribution in [0.5, 0.6) is 0 Å². The number of hydrogen-bond donors (Lipinski definition) is 0. The third kappa shape index (κ3) is 10.7. The van der Waals surface area contributed by atoms with Gasteiger partial charge in [0.1, 0.15) is 0 Å². The molecule has 0 atom stereocenters. The molecule has 1 rings (SSSR count). The van der Waals surface area contributed by atoms with Crippen molar-refractivity contribution in [1.82, 2.24) is 0 Å². The van der Waals surface area contributed by atoms with Crippen LogP contribution in [-0.4, -0.2) is 0 Å². The first-order valence-electron chi connectivity index (χ1n) is 3.22. The molecule has 11 heavy (non-hydrogen) atoms. The van der Waals surface area contributed by atoms with E-state index in [1.165, 1.54) is 19.3 Å². The molecule has 0 heterocycles. The monoisotopic (exact) mass is 374 g/mol. The maximum atomic E-state index is 3.18. The summed E-state index contributed by atoms with van der Waals surface area (Å²) in [4.78, 5) is 0. The van der Waals surface area contributed by atoms with Gasteiger partial charge < -0.3 is 0 Å². The zero-order chi connectivity index (χ0) is 5.66. The predicted octanol–water partition coefficient (Wildman–Crippen LogP) is 3.32. The predicted molar refractivity (Wildman–Crippen MR) is 49.9 cm³/mol. The van der Waals surface area contributed by atoms with Crippen LogP contribution in [0.1, 0.15) is 25.7 Å². The first-order chi connectivity index (χ1) is 4.00. The van der Waals surface area contributed by atoms with Crippen molar-refractivity contribution in [1.29, 1.82) is 0 Å². The molecule has 0 aromatic carbocycles. The van der Waals surface area contributed by atoms with Gasteiger partial charge in [-0.3, -0.25) is 6.08 Å². The molecule has 0 aromatic heterocycles. The molecule has 0 spiro atoms. The summed E-state index contributed by atoms with van der Waals surface area (Å²) in [6.45, 7) is 0. The van der Waals surface area contributed by atoms with Gasteiger partial charge in [-0.2, -0.15) is 6.08 Å². The molecule has 0 aliphatic heterocycles. The zero-order valence-corrected chi connectivity index (χ0v) is 10.1. The molecule has 0 fully saturated rings. The van der Waals surface area contributed by atoms with Gasteiger partial charge in [0, 0.05) is 21.1 Å². The van der Waals surface area contributed by atoms with E-state index in [1.807, 2.05) is 6.08 Å². The number of allylic oxidation sites excluding steroid dienone is 4. The van der Waals surface area contributed by atoms with Crippen LogP contribution < -0.4 is 0 Å². The van der Waals surface area contributed by atoms with Gasteiger partial charge in [0.05, 0.1) is 0 Å². The van der Waals surface area contributed by atoms with Crippen molar-refractivity contribution >= 4 is 24.8 Å². The molecule has 0 radical (unpaired) electrons. The third-order valence-corrected chi connectivity index (χ3v) is 1.29. The molecule has 0 amide bonds. The van der Waals surface area contributed by atoms with Gasteiger partial charge >= 0.3 is 0 Å². The van der Waals surface area contributed by atoms with E-state index in [-0.39, 0.29) is 45.9 Å². The minimum absolute atomic E-state index is 0. The zero-order valence-electron chi connectivity index (χ0n) is 6.19. The van der Waals surface area contributed by atoms with Gasteiger partial charge in [0.25, 0.3) is 0 Å². The Bertz CT molecular complexity index is 96.7. The molecule has 0 saturated carbocycles. The number of hydrogen-bond acceptors (Lipinski definition) is 0. The summed E-state index contributed by atoms with van der Waals surface area (Å²) in [5, 5.41) is 0. The molecule has 3 heteroatoms. The average Bonchev–Trinajstić information content (AvgIpc) is 1.62. The maximum absolute atomic E-state index is 3.18. The molecule has 70 valence electrons. The fourth-order valence-electron chi connectivity index (χ4n) is 0.805. The Morgan fingerprint density at radius 2 is 1.82 bits per heavy atom. The van der Waals surface area contributed by atoms with Crippen LogP contribution in [0.3, 0.4) is 0 Å². The number of halogens is 2. The molecule has 1 aliphatic rings. The fraction of sp³-hybridized carbons (Fsp3) is 0.500. The normalized spacial score (nSPS) is 14.5. The van der Waals surface area contributed by atoms with Gasteiger partial charge in [0.2, 0.25) is 0 Å². The van der Waals surface area contributed by atoms with Crippen LogP contribution in [-0.2, 0) is 21.1 Å². The first kappa shape index (κ1) is 17.7. The molecular formula is C8H13Cl2Pt-. The SMILES string of the molecule is Cl.Cl.[C-]1=CC=CCCCC1.[Pt]. The third-order valence-electron chi connectivity index (χ3n) is 1.29. The summed E-state index contributed by atoms with van der Waals surface area (Å²) in [5.74, 6) is 0. The standard InChI is InChI=1S/C8H11.2ClH.Pt/c1-2-4-6-8-7-5-3-1;;;/h1-3H,4,6-8H2;2*1H;/q-1;;;. The van der Waals surface area contributed by atoms with Crippen molar-refractivity contribution < 1.29 is 21.1 Å². The maximum Gasteiger partial charge on any atom is 0 e. The number of rotatable bonds is 0. The van der Waals surface area contributed by atoms with Crippen LogP contribution in [0.15, 0.2) is 18.2 Å². The molecular weight excluding hydrogens is 362 g/mol. The summed E-state index contributed by atoms with van der Waals surface area (Å²) in [7, 11) is 0. The fourth-order valence-corrected chi connectivity index (χ4v) is 0.805. The second-order valence-corrected chi connectivity index (χ2v) is 2.04. The van der Waals surface area contributed by atoms with Gasteiger partial charge in [-0.05, 0) is 0 Å². The summed E-state index contributed by atoms with van der Waals surface area (Å²) in [6, 6.07) is 0. The minimum Gasteiger partial charge on any atom is -0.275 e. The Balaban J connectivity index is -0.000000213. The topological polar surface area (TPSA) is 0 Å². The van der Waals surface area contributed by atoms with Crippen LogP contribution in [0.4, 0.5) is 0 Å². The van der Waals surface area contributed by atoms with E-state index in [4.69, 9.17) is 0 Å². The smallest absolute Gasteiger partial charge is 0 e. The average molecular weight is 375 g/mol. The van der Waals surface area contributed by atoms with Gasteiger partial charge in [-0.15, -0.1) is 31.2 Å².